The van der Waals surface area contributed by atoms with Crippen LogP contribution in [0.3, 0.4) is 0 Å². The molecule has 0 unspecified atom stereocenters. The van der Waals surface area contributed by atoms with Crippen molar-refractivity contribution in [1.82, 2.24) is 0 Å². The highest BCUT2D eigenvalue weighted by Gasteiger charge is 2.65. The van der Waals surface area contributed by atoms with Crippen molar-refractivity contribution in [1.29, 1.82) is 0 Å². The Hall–Kier alpha value is -5.01. The number of ether oxygens (including phenoxy) is 1. The Kier molecular flexibility index (Phi) is 6.25. The zero-order valence-electron chi connectivity index (χ0n) is 22.1. The number of para-hydroxylation sites is 1. The molecule has 0 spiro atoms. The highest BCUT2D eigenvalue weighted by molar-refractivity contribution is 6.31. The van der Waals surface area contributed by atoms with E-state index >= 15 is 0 Å². The number of rotatable bonds is 5. The van der Waals surface area contributed by atoms with E-state index in [1.165, 1.54) is 0 Å². The second-order valence-corrected chi connectivity index (χ2v) is 10.9. The van der Waals surface area contributed by atoms with Gasteiger partial charge in [0.2, 0.25) is 11.8 Å². The van der Waals surface area contributed by atoms with Gasteiger partial charge in [-0.1, -0.05) is 72.3 Å². The zero-order valence-corrected chi connectivity index (χ0v) is 22.8. The molecule has 2 amide bonds. The van der Waals surface area contributed by atoms with Crippen LogP contribution in [-0.2, 0) is 14.4 Å². The van der Waals surface area contributed by atoms with Crippen LogP contribution in [0.15, 0.2) is 109 Å². The van der Waals surface area contributed by atoms with Crippen molar-refractivity contribution in [2.24, 2.45) is 11.8 Å². The van der Waals surface area contributed by atoms with E-state index in [0.717, 1.165) is 16.2 Å². The predicted octanol–water partition coefficient (Wildman–Crippen LogP) is 5.57. The number of halogens is 1. The summed E-state index contributed by atoms with van der Waals surface area (Å²) in [6.45, 7) is 0. The standard InChI is InChI=1S/C34H23ClN2O5/c35-23-13-15-24(16-14-23)36-32(39)28-27-19-12-20-6-4-5-9-26(20)37(27)30(29(28)33(36)40)34(41)42-25-17-10-22(11-18-25)31(38)21-7-2-1-3-8-21/h1-19,27-30H/t27-,28+,29-,30+/m1/s1. The lowest BCUT2D eigenvalue weighted by Crippen LogP contribution is -2.50. The van der Waals surface area contributed by atoms with E-state index in [0.29, 0.717) is 21.8 Å². The molecule has 2 saturated heterocycles. The average Bonchev–Trinajstić information content (AvgIpc) is 3.50. The maximum Gasteiger partial charge on any atom is 0.335 e. The number of fused-ring (bicyclic) bond motifs is 5. The van der Waals surface area contributed by atoms with Crippen LogP contribution in [0.25, 0.3) is 6.08 Å². The monoisotopic (exact) mass is 574 g/mol. The van der Waals surface area contributed by atoms with Gasteiger partial charge in [0.05, 0.1) is 23.6 Å². The van der Waals surface area contributed by atoms with Gasteiger partial charge in [0.25, 0.3) is 0 Å². The molecule has 3 aliphatic heterocycles. The molecular formula is C34H23ClN2O5. The molecular weight excluding hydrogens is 552 g/mol. The van der Waals surface area contributed by atoms with Crippen molar-refractivity contribution in [2.75, 3.05) is 9.80 Å². The molecule has 0 aliphatic carbocycles. The Labute approximate surface area is 246 Å². The number of imide groups is 1. The van der Waals surface area contributed by atoms with Crippen LogP contribution in [0.1, 0.15) is 21.5 Å². The molecule has 0 radical (unpaired) electrons. The van der Waals surface area contributed by atoms with E-state index in [2.05, 4.69) is 0 Å². The van der Waals surface area contributed by atoms with E-state index < -0.39 is 35.8 Å². The number of hydrogen-bond donors (Lipinski definition) is 0. The van der Waals surface area contributed by atoms with Crippen LogP contribution in [-0.4, -0.2) is 35.7 Å². The smallest absolute Gasteiger partial charge is 0.335 e. The van der Waals surface area contributed by atoms with Crippen molar-refractivity contribution in [3.63, 3.8) is 0 Å². The summed E-state index contributed by atoms with van der Waals surface area (Å²) < 4.78 is 5.84. The van der Waals surface area contributed by atoms with Gasteiger partial charge in [-0.3, -0.25) is 14.4 Å². The minimum atomic E-state index is -1.05. The quantitative estimate of drug-likeness (QED) is 0.134. The second-order valence-electron chi connectivity index (χ2n) is 10.4. The largest absolute Gasteiger partial charge is 0.425 e. The first-order valence-electron chi connectivity index (χ1n) is 13.5. The number of carbonyl (C=O) groups excluding carboxylic acids is 4. The molecule has 206 valence electrons. The van der Waals surface area contributed by atoms with Gasteiger partial charge in [-0.05, 0) is 60.2 Å². The first-order valence-corrected chi connectivity index (χ1v) is 13.9. The number of hydrogen-bond acceptors (Lipinski definition) is 6. The molecule has 4 atom stereocenters. The lowest BCUT2D eigenvalue weighted by Gasteiger charge is -2.36. The van der Waals surface area contributed by atoms with Crippen LogP contribution < -0.4 is 14.5 Å². The van der Waals surface area contributed by atoms with Gasteiger partial charge >= 0.3 is 5.97 Å². The highest BCUT2D eigenvalue weighted by Crippen LogP contribution is 2.49. The fraction of sp³-hybridized carbons (Fsp3) is 0.118. The van der Waals surface area contributed by atoms with Gasteiger partial charge in [-0.2, -0.15) is 0 Å². The molecule has 0 N–H and O–H groups in total. The predicted molar refractivity (Wildman–Crippen MR) is 158 cm³/mol. The van der Waals surface area contributed by atoms with E-state index in [1.54, 1.807) is 72.8 Å². The number of ketones is 1. The Morgan fingerprint density at radius 2 is 1.36 bits per heavy atom. The minimum Gasteiger partial charge on any atom is -0.425 e. The molecule has 7 rings (SSSR count). The van der Waals surface area contributed by atoms with Crippen LogP contribution in [0.5, 0.6) is 5.75 Å². The number of esters is 1. The molecule has 2 fully saturated rings. The van der Waals surface area contributed by atoms with Crippen molar-refractivity contribution in [2.45, 2.75) is 12.1 Å². The van der Waals surface area contributed by atoms with E-state index in [-0.39, 0.29) is 17.4 Å². The number of benzene rings is 4. The fourth-order valence-corrected chi connectivity index (χ4v) is 6.36. The summed E-state index contributed by atoms with van der Waals surface area (Å²) in [5, 5.41) is 0.481. The summed E-state index contributed by atoms with van der Waals surface area (Å²) in [5.74, 6) is -3.13. The van der Waals surface area contributed by atoms with Gasteiger partial charge in [0.15, 0.2) is 5.78 Å². The van der Waals surface area contributed by atoms with Crippen molar-refractivity contribution < 1.29 is 23.9 Å². The van der Waals surface area contributed by atoms with Crippen molar-refractivity contribution in [3.05, 3.63) is 131 Å². The Balaban J connectivity index is 1.22. The maximum absolute atomic E-state index is 13.9. The molecule has 4 aromatic rings. The summed E-state index contributed by atoms with van der Waals surface area (Å²) in [7, 11) is 0. The number of anilines is 2. The molecule has 7 nitrogen and oxygen atoms in total. The summed E-state index contributed by atoms with van der Waals surface area (Å²) >= 11 is 6.04. The van der Waals surface area contributed by atoms with E-state index in [9.17, 15) is 19.2 Å². The van der Waals surface area contributed by atoms with Gasteiger partial charge in [-0.15, -0.1) is 0 Å². The first kappa shape index (κ1) is 25.9. The van der Waals surface area contributed by atoms with Crippen LogP contribution >= 0.6 is 11.6 Å². The minimum absolute atomic E-state index is 0.149. The molecule has 42 heavy (non-hydrogen) atoms. The highest BCUT2D eigenvalue weighted by atomic mass is 35.5. The van der Waals surface area contributed by atoms with Crippen LogP contribution in [0.4, 0.5) is 11.4 Å². The SMILES string of the molecule is O=C(c1ccccc1)c1ccc(OC(=O)[C@@H]2[C@@H]3C(=O)N(c4ccc(Cl)cc4)C(=O)[C@H]3[C@H]3C=Cc4ccccc4N32)cc1. The maximum atomic E-state index is 13.9. The summed E-state index contributed by atoms with van der Waals surface area (Å²) in [4.78, 5) is 57.5. The summed E-state index contributed by atoms with van der Waals surface area (Å²) in [5.41, 5.74) is 3.04. The number of nitrogens with zero attached hydrogens (tertiary/aromatic N) is 2. The molecule has 3 aliphatic rings. The molecule has 4 aromatic carbocycles. The third-order valence-electron chi connectivity index (χ3n) is 8.11. The lowest BCUT2D eigenvalue weighted by molar-refractivity contribution is -0.139. The fourth-order valence-electron chi connectivity index (χ4n) is 6.24. The Morgan fingerprint density at radius 1 is 0.714 bits per heavy atom. The van der Waals surface area contributed by atoms with Crippen molar-refractivity contribution >= 4 is 52.6 Å². The van der Waals surface area contributed by atoms with Crippen molar-refractivity contribution in [3.8, 4) is 5.75 Å². The topological polar surface area (TPSA) is 84.0 Å². The molecule has 3 heterocycles. The molecule has 8 heteroatoms. The zero-order chi connectivity index (χ0) is 29.0. The number of carbonyl (C=O) groups is 4. The third kappa shape index (κ3) is 4.13. The molecule has 0 bridgehead atoms. The van der Waals surface area contributed by atoms with E-state index in [4.69, 9.17) is 16.3 Å². The van der Waals surface area contributed by atoms with E-state index in [1.807, 2.05) is 47.4 Å². The molecule has 0 saturated carbocycles. The normalized spacial score (nSPS) is 22.0. The van der Waals surface area contributed by atoms with Gasteiger partial charge < -0.3 is 9.64 Å². The van der Waals surface area contributed by atoms with Gasteiger partial charge in [-0.25, -0.2) is 9.69 Å². The summed E-state index contributed by atoms with van der Waals surface area (Å²) in [6, 6.07) is 27.7. The first-order chi connectivity index (χ1) is 20.4. The summed E-state index contributed by atoms with van der Waals surface area (Å²) in [6.07, 6.45) is 3.81. The van der Waals surface area contributed by atoms with Gasteiger partial charge in [0, 0.05) is 21.8 Å². The number of amides is 2. The molecule has 0 aromatic heterocycles. The lowest BCUT2D eigenvalue weighted by atomic mass is 9.89. The average molecular weight is 575 g/mol. The third-order valence-corrected chi connectivity index (χ3v) is 8.36. The second kappa shape index (κ2) is 10.1. The van der Waals surface area contributed by atoms with Crippen LogP contribution in [0, 0.1) is 11.8 Å². The van der Waals surface area contributed by atoms with Crippen LogP contribution in [0.2, 0.25) is 5.02 Å². The Morgan fingerprint density at radius 3 is 2.10 bits per heavy atom. The Bertz CT molecular complexity index is 1770. The van der Waals surface area contributed by atoms with Gasteiger partial charge in [0.1, 0.15) is 11.8 Å².